The van der Waals surface area contributed by atoms with Gasteiger partial charge >= 0.3 is 5.97 Å². The van der Waals surface area contributed by atoms with E-state index in [4.69, 9.17) is 0 Å². The van der Waals surface area contributed by atoms with Crippen LogP contribution in [0.3, 0.4) is 0 Å². The van der Waals surface area contributed by atoms with Crippen LogP contribution in [-0.4, -0.2) is 16.6 Å². The van der Waals surface area contributed by atoms with Crippen molar-refractivity contribution in [2.45, 2.75) is 45.2 Å². The largest absolute Gasteiger partial charge is 0.480 e. The predicted molar refractivity (Wildman–Crippen MR) is 73.7 cm³/mol. The second-order valence-electron chi connectivity index (χ2n) is 5.52. The van der Waals surface area contributed by atoms with Gasteiger partial charge in [-0.2, -0.15) is 0 Å². The van der Waals surface area contributed by atoms with Crippen LogP contribution in [-0.2, 0) is 11.3 Å². The van der Waals surface area contributed by atoms with Gasteiger partial charge in [-0.1, -0.05) is 19.9 Å². The minimum absolute atomic E-state index is 0.464. The first-order chi connectivity index (χ1) is 8.53. The molecular weight excluding hydrogens is 246 g/mol. The highest BCUT2D eigenvalue weighted by Crippen LogP contribution is 2.36. The first kappa shape index (κ1) is 13.6. The Labute approximate surface area is 112 Å². The molecular formula is C14H21NO2S. The molecule has 1 saturated carbocycles. The number of nitrogens with one attached hydrogen (secondary N) is 1. The van der Waals surface area contributed by atoms with Crippen LogP contribution in [0.2, 0.25) is 0 Å². The van der Waals surface area contributed by atoms with Crippen LogP contribution < -0.4 is 5.32 Å². The van der Waals surface area contributed by atoms with Crippen LogP contribution in [0.5, 0.6) is 0 Å². The Morgan fingerprint density at radius 1 is 1.56 bits per heavy atom. The third-order valence-electron chi connectivity index (χ3n) is 4.26. The molecule has 1 aliphatic rings. The molecule has 18 heavy (non-hydrogen) atoms. The average Bonchev–Trinajstić information content (AvgIpc) is 2.84. The number of carboxylic acid groups (broad SMARTS) is 1. The van der Waals surface area contributed by atoms with Gasteiger partial charge in [-0.15, -0.1) is 11.3 Å². The van der Waals surface area contributed by atoms with E-state index in [1.807, 2.05) is 17.5 Å². The van der Waals surface area contributed by atoms with Gasteiger partial charge < -0.3 is 5.11 Å². The molecule has 1 heterocycles. The zero-order valence-electron chi connectivity index (χ0n) is 11.0. The zero-order valence-corrected chi connectivity index (χ0v) is 11.8. The quantitative estimate of drug-likeness (QED) is 0.881. The van der Waals surface area contributed by atoms with Gasteiger partial charge in [0.1, 0.15) is 5.54 Å². The van der Waals surface area contributed by atoms with Crippen molar-refractivity contribution >= 4 is 17.3 Å². The summed E-state index contributed by atoms with van der Waals surface area (Å²) in [6.45, 7) is 5.04. The first-order valence-electron chi connectivity index (χ1n) is 6.54. The molecule has 0 amide bonds. The smallest absolute Gasteiger partial charge is 0.323 e. The zero-order chi connectivity index (χ0) is 13.2. The maximum absolute atomic E-state index is 11.6. The molecule has 1 fully saturated rings. The molecule has 0 saturated heterocycles. The van der Waals surface area contributed by atoms with Crippen LogP contribution in [0.25, 0.3) is 0 Å². The Bertz CT molecular complexity index is 404. The van der Waals surface area contributed by atoms with Crippen molar-refractivity contribution in [3.8, 4) is 0 Å². The van der Waals surface area contributed by atoms with Crippen molar-refractivity contribution in [3.63, 3.8) is 0 Å². The van der Waals surface area contributed by atoms with Gasteiger partial charge in [0.05, 0.1) is 0 Å². The van der Waals surface area contributed by atoms with Crippen molar-refractivity contribution in [1.82, 2.24) is 5.32 Å². The summed E-state index contributed by atoms with van der Waals surface area (Å²) in [5.74, 6) is 0.393. The summed E-state index contributed by atoms with van der Waals surface area (Å²) in [5, 5.41) is 14.9. The third-order valence-corrected chi connectivity index (χ3v) is 5.14. The van der Waals surface area contributed by atoms with Crippen molar-refractivity contribution in [3.05, 3.63) is 22.4 Å². The number of thiophene rings is 1. The van der Waals surface area contributed by atoms with E-state index in [2.05, 4.69) is 19.2 Å². The maximum Gasteiger partial charge on any atom is 0.323 e. The topological polar surface area (TPSA) is 49.3 Å². The van der Waals surface area contributed by atoms with Crippen molar-refractivity contribution < 1.29 is 9.90 Å². The number of hydrogen-bond acceptors (Lipinski definition) is 3. The summed E-state index contributed by atoms with van der Waals surface area (Å²) in [6, 6.07) is 4.04. The highest BCUT2D eigenvalue weighted by Gasteiger charge is 2.43. The minimum atomic E-state index is -0.726. The van der Waals surface area contributed by atoms with E-state index in [-0.39, 0.29) is 0 Å². The van der Waals surface area contributed by atoms with Crippen molar-refractivity contribution in [2.24, 2.45) is 11.8 Å². The molecule has 0 spiro atoms. The first-order valence-corrected chi connectivity index (χ1v) is 7.42. The number of carbonyl (C=O) groups is 1. The van der Waals surface area contributed by atoms with Crippen molar-refractivity contribution in [1.29, 1.82) is 0 Å². The van der Waals surface area contributed by atoms with E-state index in [0.717, 1.165) is 19.3 Å². The lowest BCUT2D eigenvalue weighted by Crippen LogP contribution is -2.55. The molecule has 3 unspecified atom stereocenters. The molecule has 1 aromatic heterocycles. The molecule has 1 aliphatic carbocycles. The maximum atomic E-state index is 11.6. The fourth-order valence-corrected chi connectivity index (χ4v) is 3.36. The van der Waals surface area contributed by atoms with E-state index in [1.54, 1.807) is 11.3 Å². The SMILES string of the molecule is CC1CCC(NCc2cccs2)(C(=O)O)CC1C. The van der Waals surface area contributed by atoms with Crippen LogP contribution >= 0.6 is 11.3 Å². The second-order valence-corrected chi connectivity index (χ2v) is 6.55. The lowest BCUT2D eigenvalue weighted by molar-refractivity contribution is -0.147. The van der Waals surface area contributed by atoms with Gasteiger partial charge in [-0.3, -0.25) is 10.1 Å². The Morgan fingerprint density at radius 2 is 2.33 bits per heavy atom. The summed E-state index contributed by atoms with van der Waals surface area (Å²) in [4.78, 5) is 12.8. The molecule has 0 radical (unpaired) electrons. The van der Waals surface area contributed by atoms with E-state index in [1.165, 1.54) is 4.88 Å². The molecule has 0 bridgehead atoms. The summed E-state index contributed by atoms with van der Waals surface area (Å²) in [5.41, 5.74) is -0.726. The second kappa shape index (κ2) is 5.41. The number of carboxylic acids is 1. The van der Waals surface area contributed by atoms with Gasteiger partial charge in [-0.25, -0.2) is 0 Å². The normalized spacial score (nSPS) is 32.3. The Hall–Kier alpha value is -0.870. The molecule has 2 rings (SSSR count). The Morgan fingerprint density at radius 3 is 2.89 bits per heavy atom. The lowest BCUT2D eigenvalue weighted by Gasteiger charge is -2.40. The van der Waals surface area contributed by atoms with Crippen LogP contribution in [0.15, 0.2) is 17.5 Å². The van der Waals surface area contributed by atoms with Gasteiger partial charge in [0, 0.05) is 11.4 Å². The van der Waals surface area contributed by atoms with E-state index in [9.17, 15) is 9.90 Å². The van der Waals surface area contributed by atoms with Gasteiger partial charge in [-0.05, 0) is 42.5 Å². The fraction of sp³-hybridized carbons (Fsp3) is 0.643. The molecule has 1 aromatic rings. The number of aliphatic carboxylic acids is 1. The highest BCUT2D eigenvalue weighted by molar-refractivity contribution is 7.09. The summed E-state index contributed by atoms with van der Waals surface area (Å²) >= 11 is 1.67. The fourth-order valence-electron chi connectivity index (χ4n) is 2.71. The van der Waals surface area contributed by atoms with Crippen LogP contribution in [0.1, 0.15) is 38.0 Å². The molecule has 3 atom stereocenters. The van der Waals surface area contributed by atoms with E-state index >= 15 is 0 Å². The molecule has 2 N–H and O–H groups in total. The third kappa shape index (κ3) is 2.75. The predicted octanol–water partition coefficient (Wildman–Crippen LogP) is 3.12. The molecule has 0 aliphatic heterocycles. The van der Waals surface area contributed by atoms with Crippen LogP contribution in [0.4, 0.5) is 0 Å². The van der Waals surface area contributed by atoms with Gasteiger partial charge in [0.2, 0.25) is 0 Å². The average molecular weight is 267 g/mol. The highest BCUT2D eigenvalue weighted by atomic mass is 32.1. The standard InChI is InChI=1S/C14H21NO2S/c1-10-5-6-14(13(16)17,8-11(10)2)15-9-12-4-3-7-18-12/h3-4,7,10-11,15H,5-6,8-9H2,1-2H3,(H,16,17). The number of rotatable bonds is 4. The van der Waals surface area contributed by atoms with Gasteiger partial charge in [0.25, 0.3) is 0 Å². The lowest BCUT2D eigenvalue weighted by atomic mass is 9.71. The van der Waals surface area contributed by atoms with Crippen LogP contribution in [0, 0.1) is 11.8 Å². The summed E-state index contributed by atoms with van der Waals surface area (Å²) < 4.78 is 0. The summed E-state index contributed by atoms with van der Waals surface area (Å²) in [7, 11) is 0. The molecule has 0 aromatic carbocycles. The molecule has 100 valence electrons. The Balaban J connectivity index is 2.05. The van der Waals surface area contributed by atoms with Gasteiger partial charge in [0.15, 0.2) is 0 Å². The van der Waals surface area contributed by atoms with Crippen molar-refractivity contribution in [2.75, 3.05) is 0 Å². The monoisotopic (exact) mass is 267 g/mol. The molecule has 4 heteroatoms. The number of hydrogen-bond donors (Lipinski definition) is 2. The van der Waals surface area contributed by atoms with E-state index < -0.39 is 11.5 Å². The Kier molecular flexibility index (Phi) is 4.07. The molecule has 3 nitrogen and oxygen atoms in total. The summed E-state index contributed by atoms with van der Waals surface area (Å²) in [6.07, 6.45) is 2.46. The van der Waals surface area contributed by atoms with E-state index in [0.29, 0.717) is 18.4 Å². The minimum Gasteiger partial charge on any atom is -0.480 e.